The molecule has 11 aromatic rings. The Morgan fingerprint density at radius 2 is 0.620 bits per heavy atom. The van der Waals surface area contributed by atoms with E-state index in [0.29, 0.717) is 21.9 Å². The molecule has 0 aliphatic rings. The predicted octanol–water partition coefficient (Wildman–Crippen LogP) is 14.1. The Kier molecular flexibility index (Phi) is 3.85. The normalized spacial score (nSPS) is 15.4. The molecule has 0 fully saturated rings. The molecule has 230 valence electrons. The first-order chi connectivity index (χ1) is 29.8. The topological polar surface area (TPSA) is 0 Å². The Balaban J connectivity index is 1.15. The second-order valence-corrected chi connectivity index (χ2v) is 12.7. The minimum Gasteiger partial charge on any atom is -0.0610 e. The van der Waals surface area contributed by atoms with E-state index in [0.717, 1.165) is 53.9 Å². The lowest BCUT2D eigenvalue weighted by molar-refractivity contribution is 1.58. The molecule has 0 atom stereocenters. The van der Waals surface area contributed by atoms with E-state index in [1.165, 1.54) is 0 Å². The van der Waals surface area contributed by atoms with Crippen LogP contribution in [0.2, 0.25) is 0 Å². The van der Waals surface area contributed by atoms with E-state index in [4.69, 9.17) is 8.22 Å². The Bertz CT molecular complexity index is 3470. The van der Waals surface area contributed by atoms with Crippen LogP contribution in [0, 0.1) is 0 Å². The van der Waals surface area contributed by atoms with Gasteiger partial charge in [-0.2, -0.15) is 0 Å². The van der Waals surface area contributed by atoms with Crippen molar-refractivity contribution in [2.75, 3.05) is 0 Å². The summed E-state index contributed by atoms with van der Waals surface area (Å²) in [6.07, 6.45) is 0. The summed E-state index contributed by atoms with van der Waals surface area (Å²) in [4.78, 5) is 0. The van der Waals surface area contributed by atoms with Crippen molar-refractivity contribution in [1.82, 2.24) is 0 Å². The van der Waals surface area contributed by atoms with Crippen LogP contribution in [0.3, 0.4) is 0 Å². The first kappa shape index (κ1) is 18.3. The van der Waals surface area contributed by atoms with Crippen molar-refractivity contribution in [2.24, 2.45) is 0 Å². The van der Waals surface area contributed by atoms with Gasteiger partial charge in [0.15, 0.2) is 0 Å². The molecule has 0 unspecified atom stereocenters. The van der Waals surface area contributed by atoms with E-state index in [2.05, 4.69) is 0 Å². The van der Waals surface area contributed by atoms with Crippen LogP contribution >= 0.6 is 0 Å². The highest BCUT2D eigenvalue weighted by molar-refractivity contribution is 6.26. The summed E-state index contributed by atoms with van der Waals surface area (Å²) >= 11 is 0. The van der Waals surface area contributed by atoms with Gasteiger partial charge >= 0.3 is 0 Å². The van der Waals surface area contributed by atoms with E-state index in [9.17, 15) is 8.22 Å². The Morgan fingerprint density at radius 1 is 0.280 bits per heavy atom. The Morgan fingerprint density at radius 3 is 1.04 bits per heavy atom. The van der Waals surface area contributed by atoms with Gasteiger partial charge in [0, 0.05) is 0 Å². The van der Waals surface area contributed by atoms with E-state index < -0.39 is 71.6 Å². The van der Waals surface area contributed by atoms with Gasteiger partial charge in [0.1, 0.15) is 0 Å². The zero-order valence-electron chi connectivity index (χ0n) is 38.4. The highest BCUT2D eigenvalue weighted by atomic mass is 14.2. The first-order valence-corrected chi connectivity index (χ1v) is 16.5. The molecule has 0 nitrogen and oxygen atoms in total. The van der Waals surface area contributed by atoms with Gasteiger partial charge in [-0.1, -0.05) is 170 Å². The molecule has 0 bridgehead atoms. The maximum atomic E-state index is 9.56. The maximum Gasteiger partial charge on any atom is 0.0636 e. The van der Waals surface area contributed by atoms with Crippen molar-refractivity contribution >= 4 is 64.6 Å². The number of rotatable bonds is 4. The summed E-state index contributed by atoms with van der Waals surface area (Å²) in [5.41, 5.74) is -0.673. The van der Waals surface area contributed by atoms with Crippen molar-refractivity contribution in [1.29, 1.82) is 0 Å². The molecule has 0 amide bonds. The van der Waals surface area contributed by atoms with Crippen LogP contribution in [0.25, 0.3) is 109 Å². The lowest BCUT2D eigenvalue weighted by atomic mass is 9.89. The van der Waals surface area contributed by atoms with Gasteiger partial charge in [0.05, 0.1) is 16.4 Å². The van der Waals surface area contributed by atoms with Gasteiger partial charge in [0.25, 0.3) is 0 Å². The van der Waals surface area contributed by atoms with Gasteiger partial charge in [-0.15, -0.1) is 0 Å². The molecule has 0 N–H and O–H groups in total. The summed E-state index contributed by atoms with van der Waals surface area (Å²) in [6.45, 7) is 0. The smallest absolute Gasteiger partial charge is 0.0610 e. The van der Waals surface area contributed by atoms with Crippen LogP contribution in [0.5, 0.6) is 0 Å². The highest BCUT2D eigenvalue weighted by Gasteiger charge is 2.14. The van der Waals surface area contributed by atoms with E-state index in [1.54, 1.807) is 12.1 Å². The molecular weight excluding hydrogens is 601 g/mol. The fourth-order valence-corrected chi connectivity index (χ4v) is 7.68. The average molecular weight is 643 g/mol. The van der Waals surface area contributed by atoms with Gasteiger partial charge in [-0.3, -0.25) is 0 Å². The van der Waals surface area contributed by atoms with Crippen LogP contribution in [0.4, 0.5) is 0 Å². The monoisotopic (exact) mass is 642 g/mol. The summed E-state index contributed by atoms with van der Waals surface area (Å²) in [6, 6.07) is 28.4. The van der Waals surface area contributed by atoms with Crippen molar-refractivity contribution < 1.29 is 16.4 Å². The van der Waals surface area contributed by atoms with Gasteiger partial charge in [-0.25, -0.2) is 0 Å². The second kappa shape index (κ2) is 10.5. The predicted molar refractivity (Wildman–Crippen MR) is 216 cm³/mol. The second-order valence-electron chi connectivity index (χ2n) is 12.7. The van der Waals surface area contributed by atoms with Crippen molar-refractivity contribution in [3.63, 3.8) is 0 Å². The molecule has 0 heterocycles. The minimum absolute atomic E-state index is 0.00424. The van der Waals surface area contributed by atoms with E-state index in [1.807, 2.05) is 97.1 Å². The standard InChI is InChI=1S/C50H30/c1-5-33-17-19-37-21-25-43(45-27-23-35(7-1)47(33)49(37)45)41-11-3-9-39(29-41)31-13-15-32(16-14-31)40-10-4-12-42(30-40)44-26-22-38-20-18-34-6-2-8-36-24-28-46(44)50(38)48(34)36/h1-30H/i3D,4D,9D,10D,11D,12D,13D,14D,15D,16D,29D,30D. The maximum absolute atomic E-state index is 9.56. The third-order valence-electron chi connectivity index (χ3n) is 9.97. The molecule has 0 saturated heterocycles. The SMILES string of the molecule is [2H]c1c([2H])c(-c2c([2H])c([2H])c(-c3c([2H])c([2H])c([2H])c(-c4ccc5ccc6cccc7ccc4c5c67)c3[2H])c([2H])c2[2H])c([2H])c(-c2ccc3ccc4cccc5ccc2c3c45)c1[2H]. The number of hydrogen-bond donors (Lipinski definition) is 0. The van der Waals surface area contributed by atoms with Crippen LogP contribution in [-0.4, -0.2) is 0 Å². The summed E-state index contributed by atoms with van der Waals surface area (Å²) < 4.78 is 110. The quantitative estimate of drug-likeness (QED) is 0.168. The fraction of sp³-hybridized carbons (Fsp3) is 0. The fourth-order valence-electron chi connectivity index (χ4n) is 7.68. The summed E-state index contributed by atoms with van der Waals surface area (Å²) in [7, 11) is 0. The summed E-state index contributed by atoms with van der Waals surface area (Å²) in [5, 5.41) is 11.1. The molecule has 0 saturated carbocycles. The molecule has 0 spiro atoms. The molecule has 0 aromatic heterocycles. The van der Waals surface area contributed by atoms with Crippen LogP contribution in [0.1, 0.15) is 16.4 Å². The van der Waals surface area contributed by atoms with Gasteiger partial charge in [-0.05, 0) is 121 Å². The molecule has 0 radical (unpaired) electrons. The molecule has 50 heavy (non-hydrogen) atoms. The number of hydrogen-bond acceptors (Lipinski definition) is 0. The lowest BCUT2D eigenvalue weighted by Gasteiger charge is -2.15. The highest BCUT2D eigenvalue weighted by Crippen LogP contribution is 2.42. The zero-order chi connectivity index (χ0) is 43.2. The van der Waals surface area contributed by atoms with Gasteiger partial charge in [0.2, 0.25) is 0 Å². The van der Waals surface area contributed by atoms with Crippen LogP contribution in [-0.2, 0) is 0 Å². The average Bonchev–Trinajstić information content (AvgIpc) is 3.28. The molecule has 11 aromatic carbocycles. The van der Waals surface area contributed by atoms with Crippen molar-refractivity contribution in [2.45, 2.75) is 0 Å². The molecule has 11 rings (SSSR count). The summed E-state index contributed by atoms with van der Waals surface area (Å²) in [5.74, 6) is 0. The van der Waals surface area contributed by atoms with Crippen molar-refractivity contribution in [3.8, 4) is 44.5 Å². The Hall–Kier alpha value is -6.50. The Labute approximate surface area is 307 Å². The molecule has 0 aliphatic heterocycles. The first-order valence-electron chi connectivity index (χ1n) is 22.5. The zero-order valence-corrected chi connectivity index (χ0v) is 26.4. The lowest BCUT2D eigenvalue weighted by Crippen LogP contribution is -1.88. The minimum atomic E-state index is -0.675. The van der Waals surface area contributed by atoms with Crippen molar-refractivity contribution in [3.05, 3.63) is 182 Å². The van der Waals surface area contributed by atoms with Crippen LogP contribution < -0.4 is 0 Å². The van der Waals surface area contributed by atoms with Gasteiger partial charge < -0.3 is 0 Å². The van der Waals surface area contributed by atoms with Crippen LogP contribution in [0.15, 0.2) is 182 Å². The number of benzene rings is 11. The largest absolute Gasteiger partial charge is 0.0636 e. The third kappa shape index (κ3) is 4.06. The molecule has 0 heteroatoms. The van der Waals surface area contributed by atoms with E-state index in [-0.39, 0.29) is 34.3 Å². The molecular formula is C50H30. The molecule has 0 aliphatic carbocycles. The third-order valence-corrected chi connectivity index (χ3v) is 9.97. The van der Waals surface area contributed by atoms with E-state index >= 15 is 0 Å².